The van der Waals surface area contributed by atoms with Crippen LogP contribution in [0.4, 0.5) is 0 Å². The smallest absolute Gasteiger partial charge is 0.00405 e. The van der Waals surface area contributed by atoms with Crippen molar-refractivity contribution in [1.29, 1.82) is 5.26 Å². The Labute approximate surface area is 237 Å². The Bertz CT molecular complexity index is 1010. The van der Waals surface area contributed by atoms with Gasteiger partial charge in [-0.05, 0) is 37.1 Å². The summed E-state index contributed by atoms with van der Waals surface area (Å²) >= 11 is 3.70. The molecule has 0 aliphatic carbocycles. The van der Waals surface area contributed by atoms with E-state index in [1.807, 2.05) is 0 Å². The van der Waals surface area contributed by atoms with Crippen LogP contribution in [0, 0.1) is 30.6 Å². The standard InChI is InChI=1S/C25H22P2.CHNS.3CO.Mn/c1-5-13-22(14-6-1)26(23-15-7-2-8-16-23)21-27(24-17-9-3-10-18-24)25-19-11-4-12-20-25;2-1-3;3*1-2;/h1-20H,21H2;3H;;;;/p-1. The van der Waals surface area contributed by atoms with Crippen molar-refractivity contribution in [2.24, 2.45) is 0 Å². The van der Waals surface area contributed by atoms with E-state index in [4.69, 9.17) is 19.2 Å². The molecule has 0 spiro atoms. The van der Waals surface area contributed by atoms with Crippen molar-refractivity contribution < 1.29 is 31.0 Å². The third-order valence-electron chi connectivity index (χ3n) is 4.55. The molecular weight excluding hydrogens is 559 g/mol. The van der Waals surface area contributed by atoms with Crippen LogP contribution in [0.25, 0.3) is 0 Å². The van der Waals surface area contributed by atoms with Crippen LogP contribution in [-0.4, -0.2) is 5.90 Å². The van der Waals surface area contributed by atoms with Crippen molar-refractivity contribution >= 4 is 49.7 Å². The van der Waals surface area contributed by atoms with Gasteiger partial charge in [0.1, 0.15) is 0 Å². The molecule has 0 fully saturated rings. The fourth-order valence-corrected chi connectivity index (χ4v) is 9.67. The third kappa shape index (κ3) is 13.3. The predicted molar refractivity (Wildman–Crippen MR) is 148 cm³/mol. The maximum absolute atomic E-state index is 7.50. The van der Waals surface area contributed by atoms with Gasteiger partial charge in [0.2, 0.25) is 0 Å². The van der Waals surface area contributed by atoms with Crippen LogP contribution in [0.5, 0.6) is 0 Å². The van der Waals surface area contributed by atoms with Gasteiger partial charge in [-0.15, -0.1) is 0 Å². The number of thiocyanates is 1. The molecule has 0 saturated heterocycles. The molecule has 0 N–H and O–H groups in total. The van der Waals surface area contributed by atoms with Crippen molar-refractivity contribution in [2.75, 3.05) is 5.90 Å². The molecular formula is C29H22MnNO3P2S-. The Kier molecular flexibility index (Phi) is 24.4. The number of hydrogen-bond donors (Lipinski definition) is 0. The second kappa shape index (κ2) is 24.9. The van der Waals surface area contributed by atoms with Gasteiger partial charge in [-0.3, -0.25) is 0 Å². The fourth-order valence-electron chi connectivity index (χ4n) is 3.20. The zero-order valence-corrected chi connectivity index (χ0v) is 23.4. The molecule has 0 amide bonds. The Hall–Kier alpha value is -2.81. The molecule has 0 unspecified atom stereocenters. The number of benzene rings is 4. The van der Waals surface area contributed by atoms with E-state index in [1.165, 1.54) is 32.5 Å². The maximum Gasteiger partial charge on any atom is 0.00405 e. The van der Waals surface area contributed by atoms with E-state index in [0.717, 1.165) is 0 Å². The molecule has 1 radical (unpaired) electrons. The van der Waals surface area contributed by atoms with E-state index >= 15 is 0 Å². The van der Waals surface area contributed by atoms with Crippen molar-refractivity contribution in [3.63, 3.8) is 0 Å². The van der Waals surface area contributed by atoms with Crippen LogP contribution in [-0.2, 0) is 43.7 Å². The first-order valence-corrected chi connectivity index (χ1v) is 13.7. The molecule has 37 heavy (non-hydrogen) atoms. The number of hydrogen-bond acceptors (Lipinski definition) is 2. The molecule has 0 aromatic heterocycles. The van der Waals surface area contributed by atoms with E-state index < -0.39 is 15.8 Å². The molecule has 0 heterocycles. The largest absolute Gasteiger partial charge is 0.0622 e. The van der Waals surface area contributed by atoms with Crippen molar-refractivity contribution in [3.05, 3.63) is 141 Å². The van der Waals surface area contributed by atoms with Crippen LogP contribution in [0.2, 0.25) is 0 Å². The second-order valence-corrected chi connectivity index (χ2v) is 11.5. The zero-order chi connectivity index (χ0) is 27.0. The molecule has 4 aromatic rings. The van der Waals surface area contributed by atoms with Gasteiger partial charge < -0.3 is 12.6 Å². The minimum Gasteiger partial charge on any atom is -0.0622 e. The van der Waals surface area contributed by atoms with Crippen LogP contribution in [0.15, 0.2) is 121 Å². The van der Waals surface area contributed by atoms with Crippen molar-refractivity contribution in [1.82, 2.24) is 0 Å². The van der Waals surface area contributed by atoms with E-state index in [0.29, 0.717) is 0 Å². The van der Waals surface area contributed by atoms with Gasteiger partial charge in [0.05, 0.1) is 0 Å². The van der Waals surface area contributed by atoms with E-state index in [-0.39, 0.29) is 17.1 Å². The summed E-state index contributed by atoms with van der Waals surface area (Å²) in [6.07, 6.45) is 0. The summed E-state index contributed by atoms with van der Waals surface area (Å²) in [4.78, 5) is 0. The SMILES string of the molecule is N#C[S-].[C-]#[O+].[C-]#[O+].[C-]#[O+].[Mn].c1ccc(P(CP(c2ccccc2)c2ccccc2)c2ccccc2)cc1. The molecule has 0 aliphatic heterocycles. The van der Waals surface area contributed by atoms with E-state index in [1.54, 1.807) is 0 Å². The summed E-state index contributed by atoms with van der Waals surface area (Å²) in [5.74, 6) is 1.17. The van der Waals surface area contributed by atoms with Gasteiger partial charge in [0, 0.05) is 23.0 Å². The van der Waals surface area contributed by atoms with Gasteiger partial charge in [-0.1, -0.05) is 127 Å². The molecule has 185 valence electrons. The molecule has 0 atom stereocenters. The van der Waals surface area contributed by atoms with Crippen LogP contribution in [0.1, 0.15) is 0 Å². The number of nitriles is 1. The first-order chi connectivity index (χ1) is 17.8. The predicted octanol–water partition coefficient (Wildman–Crippen LogP) is 5.11. The Morgan fingerprint density at radius 2 is 0.676 bits per heavy atom. The molecule has 0 aliphatic rings. The number of nitrogens with zero attached hydrogens (tertiary/aromatic N) is 1. The van der Waals surface area contributed by atoms with Crippen molar-refractivity contribution in [3.8, 4) is 5.40 Å². The molecule has 0 saturated carbocycles. The summed E-state index contributed by atoms with van der Waals surface area (Å²) in [7, 11) is -0.817. The number of rotatable bonds is 6. The quantitative estimate of drug-likeness (QED) is 0.0792. The van der Waals surface area contributed by atoms with Crippen LogP contribution in [0.3, 0.4) is 0 Å². The summed E-state index contributed by atoms with van der Waals surface area (Å²) in [6.45, 7) is 13.5. The summed E-state index contributed by atoms with van der Waals surface area (Å²) < 4.78 is 22.5. The van der Waals surface area contributed by atoms with E-state index in [2.05, 4.69) is 154 Å². The summed E-state index contributed by atoms with van der Waals surface area (Å²) in [5, 5.41) is 14.3. The Morgan fingerprint density at radius 1 is 0.514 bits per heavy atom. The fraction of sp³-hybridized carbons (Fsp3) is 0.0345. The first-order valence-electron chi connectivity index (χ1n) is 10.2. The average Bonchev–Trinajstić information content (AvgIpc) is 2.99. The normalized spacial score (nSPS) is 8.41. The van der Waals surface area contributed by atoms with Crippen LogP contribution < -0.4 is 21.2 Å². The average molecular weight is 581 g/mol. The van der Waals surface area contributed by atoms with Gasteiger partial charge in [0.25, 0.3) is 0 Å². The minimum atomic E-state index is -0.409. The molecule has 0 bridgehead atoms. The minimum absolute atomic E-state index is 0. The van der Waals surface area contributed by atoms with Crippen molar-refractivity contribution in [2.45, 2.75) is 0 Å². The van der Waals surface area contributed by atoms with Gasteiger partial charge in [0.15, 0.2) is 0 Å². The van der Waals surface area contributed by atoms with Gasteiger partial charge in [-0.25, -0.2) is 5.26 Å². The van der Waals surface area contributed by atoms with E-state index in [9.17, 15) is 0 Å². The maximum atomic E-state index is 7.50. The van der Waals surface area contributed by atoms with Gasteiger partial charge in [-0.2, -0.15) is 0 Å². The molecule has 4 nitrogen and oxygen atoms in total. The third-order valence-corrected chi connectivity index (χ3v) is 10.5. The molecule has 4 aromatic carbocycles. The second-order valence-electron chi connectivity index (χ2n) is 6.43. The Morgan fingerprint density at radius 3 is 0.838 bits per heavy atom. The van der Waals surface area contributed by atoms with Crippen LogP contribution >= 0.6 is 15.8 Å². The topological polar surface area (TPSA) is 83.5 Å². The molecule has 8 heteroatoms. The Balaban J connectivity index is 0. The molecule has 4 rings (SSSR count). The van der Waals surface area contributed by atoms with Gasteiger partial charge >= 0.3 is 33.9 Å². The zero-order valence-electron chi connectivity index (χ0n) is 19.6. The first kappa shape index (κ1) is 36.3. The summed E-state index contributed by atoms with van der Waals surface area (Å²) in [6, 6.07) is 44.1. The monoisotopic (exact) mass is 581 g/mol. The summed E-state index contributed by atoms with van der Waals surface area (Å²) in [5.41, 5.74) is 0.